The number of ether oxygens (including phenoxy) is 3. The Hall–Kier alpha value is -1.59. The largest absolute Gasteiger partial charge is 0.462 e. The van der Waals surface area contributed by atoms with Crippen molar-refractivity contribution in [2.45, 2.75) is 284 Å². The van der Waals surface area contributed by atoms with Gasteiger partial charge in [0.15, 0.2) is 6.10 Å². The summed E-state index contributed by atoms with van der Waals surface area (Å²) in [5.41, 5.74) is 0. The molecule has 0 bridgehead atoms. The number of carbonyl (C=O) groups is 3. The van der Waals surface area contributed by atoms with Crippen LogP contribution in [0.3, 0.4) is 0 Å². The highest BCUT2D eigenvalue weighted by Crippen LogP contribution is 2.17. The summed E-state index contributed by atoms with van der Waals surface area (Å²) in [7, 11) is 0. The molecule has 0 N–H and O–H groups in total. The fourth-order valence-electron chi connectivity index (χ4n) is 7.51. The first-order valence-electron chi connectivity index (χ1n) is 24.9. The molecule has 0 aromatic heterocycles. The molecule has 0 spiro atoms. The second kappa shape index (κ2) is 44.5. The first kappa shape index (κ1) is 54.4. The maximum absolute atomic E-state index is 12.7. The Morgan fingerprint density at radius 3 is 0.875 bits per heavy atom. The Labute approximate surface area is 348 Å². The van der Waals surface area contributed by atoms with E-state index in [9.17, 15) is 14.4 Å². The molecule has 0 aromatic carbocycles. The highest BCUT2D eigenvalue weighted by atomic mass is 16.6. The summed E-state index contributed by atoms with van der Waals surface area (Å²) >= 11 is 0. The van der Waals surface area contributed by atoms with E-state index in [1.165, 1.54) is 173 Å². The van der Waals surface area contributed by atoms with E-state index < -0.39 is 6.10 Å². The Bertz CT molecular complexity index is 841. The van der Waals surface area contributed by atoms with Gasteiger partial charge in [-0.25, -0.2) is 0 Å². The van der Waals surface area contributed by atoms with Gasteiger partial charge in [0.05, 0.1) is 0 Å². The zero-order valence-electron chi connectivity index (χ0n) is 38.1. The van der Waals surface area contributed by atoms with E-state index in [4.69, 9.17) is 14.2 Å². The van der Waals surface area contributed by atoms with E-state index in [0.29, 0.717) is 19.3 Å². The molecule has 0 radical (unpaired) electrons. The van der Waals surface area contributed by atoms with Gasteiger partial charge in [-0.1, -0.05) is 240 Å². The molecule has 0 saturated carbocycles. The van der Waals surface area contributed by atoms with Crippen molar-refractivity contribution in [2.24, 2.45) is 5.92 Å². The van der Waals surface area contributed by atoms with Crippen molar-refractivity contribution in [1.82, 2.24) is 0 Å². The normalized spacial score (nSPS) is 11.9. The third-order valence-electron chi connectivity index (χ3n) is 11.3. The second-order valence-electron chi connectivity index (χ2n) is 17.6. The third kappa shape index (κ3) is 43.5. The Morgan fingerprint density at radius 1 is 0.339 bits per heavy atom. The maximum Gasteiger partial charge on any atom is 0.306 e. The van der Waals surface area contributed by atoms with Crippen LogP contribution in [0.1, 0.15) is 278 Å². The monoisotopic (exact) mass is 793 g/mol. The van der Waals surface area contributed by atoms with Crippen molar-refractivity contribution in [3.63, 3.8) is 0 Å². The summed E-state index contributed by atoms with van der Waals surface area (Å²) in [4.78, 5) is 37.8. The van der Waals surface area contributed by atoms with E-state index in [0.717, 1.165) is 63.7 Å². The topological polar surface area (TPSA) is 78.9 Å². The molecule has 0 aliphatic rings. The van der Waals surface area contributed by atoms with E-state index in [1.54, 1.807) is 0 Å². The summed E-state index contributed by atoms with van der Waals surface area (Å²) < 4.78 is 16.8. The van der Waals surface area contributed by atoms with Crippen molar-refractivity contribution in [3.8, 4) is 0 Å². The summed E-state index contributed by atoms with van der Waals surface area (Å²) in [5, 5.41) is 0. The van der Waals surface area contributed by atoms with E-state index in [2.05, 4.69) is 27.7 Å². The van der Waals surface area contributed by atoms with Crippen LogP contribution in [0.2, 0.25) is 0 Å². The summed E-state index contributed by atoms with van der Waals surface area (Å²) in [6.45, 7) is 9.01. The lowest BCUT2D eigenvalue weighted by atomic mass is 10.0. The molecular formula is C50H96O6. The average molecular weight is 793 g/mol. The molecule has 332 valence electrons. The third-order valence-corrected chi connectivity index (χ3v) is 11.3. The second-order valence-corrected chi connectivity index (χ2v) is 17.6. The molecule has 0 aliphatic carbocycles. The van der Waals surface area contributed by atoms with Gasteiger partial charge in [0, 0.05) is 19.3 Å². The standard InChI is InChI=1S/C50H96O6/c1-5-7-9-11-13-15-17-18-23-27-31-35-39-43-50(53)56-47(44-54-48(51)41-37-33-29-25-16-14-12-10-8-6-2)45-55-49(52)42-38-34-30-26-22-20-19-21-24-28-32-36-40-46(3)4/h46-47H,5-45H2,1-4H3/t47-/m1/s1. The molecule has 0 unspecified atom stereocenters. The van der Waals surface area contributed by atoms with Gasteiger partial charge in [0.25, 0.3) is 0 Å². The fraction of sp³-hybridized carbons (Fsp3) is 0.940. The number of unbranched alkanes of at least 4 members (excludes halogenated alkanes) is 32. The van der Waals surface area contributed by atoms with Gasteiger partial charge in [-0.05, 0) is 25.2 Å². The minimum absolute atomic E-state index is 0.0631. The van der Waals surface area contributed by atoms with Crippen LogP contribution < -0.4 is 0 Å². The minimum atomic E-state index is -0.759. The minimum Gasteiger partial charge on any atom is -0.462 e. The molecule has 0 amide bonds. The summed E-state index contributed by atoms with van der Waals surface area (Å²) in [6.07, 6.45) is 45.1. The lowest BCUT2D eigenvalue weighted by Crippen LogP contribution is -2.30. The zero-order valence-corrected chi connectivity index (χ0v) is 38.1. The molecular weight excluding hydrogens is 697 g/mol. The molecule has 0 fully saturated rings. The van der Waals surface area contributed by atoms with Gasteiger partial charge >= 0.3 is 17.9 Å². The Morgan fingerprint density at radius 2 is 0.589 bits per heavy atom. The van der Waals surface area contributed by atoms with Crippen molar-refractivity contribution >= 4 is 17.9 Å². The van der Waals surface area contributed by atoms with Crippen LogP contribution >= 0.6 is 0 Å². The van der Waals surface area contributed by atoms with E-state index in [-0.39, 0.29) is 31.1 Å². The Balaban J connectivity index is 4.29. The van der Waals surface area contributed by atoms with Gasteiger partial charge in [-0.3, -0.25) is 14.4 Å². The highest BCUT2D eigenvalue weighted by Gasteiger charge is 2.19. The first-order valence-corrected chi connectivity index (χ1v) is 24.9. The molecule has 6 heteroatoms. The number of hydrogen-bond donors (Lipinski definition) is 0. The zero-order chi connectivity index (χ0) is 41.0. The molecule has 0 saturated heterocycles. The maximum atomic E-state index is 12.7. The lowest BCUT2D eigenvalue weighted by molar-refractivity contribution is -0.167. The molecule has 1 atom stereocenters. The van der Waals surface area contributed by atoms with Crippen molar-refractivity contribution in [1.29, 1.82) is 0 Å². The van der Waals surface area contributed by atoms with Gasteiger partial charge in [-0.15, -0.1) is 0 Å². The van der Waals surface area contributed by atoms with Crippen LogP contribution in [0.4, 0.5) is 0 Å². The Kier molecular flexibility index (Phi) is 43.2. The van der Waals surface area contributed by atoms with Crippen LogP contribution in [0.15, 0.2) is 0 Å². The van der Waals surface area contributed by atoms with Gasteiger partial charge in [0.1, 0.15) is 13.2 Å². The van der Waals surface area contributed by atoms with Crippen LogP contribution in [0.25, 0.3) is 0 Å². The fourth-order valence-corrected chi connectivity index (χ4v) is 7.51. The number of carbonyl (C=O) groups excluding carboxylic acids is 3. The first-order chi connectivity index (χ1) is 27.4. The lowest BCUT2D eigenvalue weighted by Gasteiger charge is -2.18. The van der Waals surface area contributed by atoms with Gasteiger partial charge in [0.2, 0.25) is 0 Å². The molecule has 0 aromatic rings. The average Bonchev–Trinajstić information content (AvgIpc) is 3.18. The van der Waals surface area contributed by atoms with Crippen molar-refractivity contribution in [2.75, 3.05) is 13.2 Å². The van der Waals surface area contributed by atoms with E-state index >= 15 is 0 Å². The molecule has 0 aliphatic heterocycles. The number of esters is 3. The molecule has 56 heavy (non-hydrogen) atoms. The van der Waals surface area contributed by atoms with Crippen LogP contribution in [-0.4, -0.2) is 37.2 Å². The smallest absolute Gasteiger partial charge is 0.306 e. The molecule has 0 rings (SSSR count). The van der Waals surface area contributed by atoms with E-state index in [1.807, 2.05) is 0 Å². The number of rotatable bonds is 45. The van der Waals surface area contributed by atoms with Gasteiger partial charge < -0.3 is 14.2 Å². The quantitative estimate of drug-likeness (QED) is 0.0347. The number of hydrogen-bond acceptors (Lipinski definition) is 6. The van der Waals surface area contributed by atoms with Crippen LogP contribution in [0, 0.1) is 5.92 Å². The summed E-state index contributed by atoms with van der Waals surface area (Å²) in [5.74, 6) is -0.0144. The summed E-state index contributed by atoms with van der Waals surface area (Å²) in [6, 6.07) is 0. The molecule has 0 heterocycles. The highest BCUT2D eigenvalue weighted by molar-refractivity contribution is 5.71. The van der Waals surface area contributed by atoms with Gasteiger partial charge in [-0.2, -0.15) is 0 Å². The van der Waals surface area contributed by atoms with Crippen molar-refractivity contribution in [3.05, 3.63) is 0 Å². The molecule has 6 nitrogen and oxygen atoms in total. The predicted octanol–water partition coefficient (Wildman–Crippen LogP) is 15.9. The van der Waals surface area contributed by atoms with Crippen LogP contribution in [-0.2, 0) is 28.6 Å². The van der Waals surface area contributed by atoms with Crippen molar-refractivity contribution < 1.29 is 28.6 Å². The van der Waals surface area contributed by atoms with Crippen LogP contribution in [0.5, 0.6) is 0 Å². The predicted molar refractivity (Wildman–Crippen MR) is 238 cm³/mol. The SMILES string of the molecule is CCCCCCCCCCCCCCCC(=O)O[C@H](COC(=O)CCCCCCCCCCCC)COC(=O)CCCCCCCCCCCCCCC(C)C.